The Morgan fingerprint density at radius 1 is 1.04 bits per heavy atom. The standard InChI is InChI=1S/C21H32O2S/c1-19-8-5-15(22)13-14(19)3-4-16-17(19)6-9-20(2)18(16)7-10-21(20)23-11-12-24-21/h14,16-18H,3-13H2,1-2H3. The lowest BCUT2D eigenvalue weighted by atomic mass is 9.45. The highest BCUT2D eigenvalue weighted by Gasteiger charge is 2.66. The Bertz CT molecular complexity index is 554. The lowest BCUT2D eigenvalue weighted by Crippen LogP contribution is -2.55. The number of hydrogen-bond donors (Lipinski definition) is 0. The van der Waals surface area contributed by atoms with Crippen LogP contribution < -0.4 is 0 Å². The van der Waals surface area contributed by atoms with Crippen LogP contribution in [0.1, 0.15) is 71.6 Å². The molecule has 4 saturated carbocycles. The highest BCUT2D eigenvalue weighted by atomic mass is 32.2. The van der Waals surface area contributed by atoms with Crippen LogP contribution in [-0.4, -0.2) is 23.1 Å². The number of carbonyl (C=O) groups is 1. The Labute approximate surface area is 150 Å². The van der Waals surface area contributed by atoms with Gasteiger partial charge in [-0.15, -0.1) is 11.8 Å². The number of thioether (sulfide) groups is 1. The van der Waals surface area contributed by atoms with Crippen molar-refractivity contribution in [3.05, 3.63) is 0 Å². The normalized spacial score (nSPS) is 56.8. The molecule has 0 bridgehead atoms. The van der Waals surface area contributed by atoms with E-state index in [-0.39, 0.29) is 4.93 Å². The van der Waals surface area contributed by atoms with Crippen molar-refractivity contribution in [1.82, 2.24) is 0 Å². The van der Waals surface area contributed by atoms with Gasteiger partial charge < -0.3 is 4.74 Å². The number of Topliss-reactive ketones (excluding diaryl/α,β-unsaturated/α-hetero) is 1. The molecule has 0 radical (unpaired) electrons. The van der Waals surface area contributed by atoms with Crippen LogP contribution in [0.15, 0.2) is 0 Å². The molecule has 4 aliphatic carbocycles. The van der Waals surface area contributed by atoms with Gasteiger partial charge in [0.2, 0.25) is 0 Å². The van der Waals surface area contributed by atoms with Crippen molar-refractivity contribution in [2.75, 3.05) is 12.4 Å². The molecule has 7 unspecified atom stereocenters. The van der Waals surface area contributed by atoms with Gasteiger partial charge in [0.1, 0.15) is 10.7 Å². The van der Waals surface area contributed by atoms with E-state index in [4.69, 9.17) is 4.74 Å². The second kappa shape index (κ2) is 5.25. The molecular formula is C21H32O2S. The summed E-state index contributed by atoms with van der Waals surface area (Å²) in [5, 5.41) is 0. The molecule has 134 valence electrons. The zero-order chi connectivity index (χ0) is 16.6. The van der Waals surface area contributed by atoms with Gasteiger partial charge in [-0.1, -0.05) is 13.8 Å². The van der Waals surface area contributed by atoms with E-state index >= 15 is 0 Å². The molecule has 1 saturated heterocycles. The molecule has 24 heavy (non-hydrogen) atoms. The van der Waals surface area contributed by atoms with E-state index in [1.165, 1.54) is 44.3 Å². The summed E-state index contributed by atoms with van der Waals surface area (Å²) in [7, 11) is 0. The summed E-state index contributed by atoms with van der Waals surface area (Å²) in [5.41, 5.74) is 0.834. The maximum Gasteiger partial charge on any atom is 0.133 e. The van der Waals surface area contributed by atoms with Crippen LogP contribution >= 0.6 is 11.8 Å². The highest BCUT2D eigenvalue weighted by molar-refractivity contribution is 8.00. The monoisotopic (exact) mass is 348 g/mol. The van der Waals surface area contributed by atoms with Crippen LogP contribution in [0, 0.1) is 34.5 Å². The van der Waals surface area contributed by atoms with E-state index < -0.39 is 0 Å². The summed E-state index contributed by atoms with van der Waals surface area (Å²) in [6, 6.07) is 0. The highest BCUT2D eigenvalue weighted by Crippen LogP contribution is 2.71. The van der Waals surface area contributed by atoms with Gasteiger partial charge in [0.25, 0.3) is 0 Å². The first-order valence-corrected chi connectivity index (χ1v) is 11.3. The molecule has 5 rings (SSSR count). The van der Waals surface area contributed by atoms with Crippen molar-refractivity contribution in [2.24, 2.45) is 34.5 Å². The van der Waals surface area contributed by atoms with Gasteiger partial charge in [0.05, 0.1) is 6.61 Å². The van der Waals surface area contributed by atoms with Gasteiger partial charge in [-0.25, -0.2) is 0 Å². The van der Waals surface area contributed by atoms with E-state index in [2.05, 4.69) is 25.6 Å². The molecule has 1 spiro atoms. The van der Waals surface area contributed by atoms with Gasteiger partial charge in [0.15, 0.2) is 0 Å². The molecule has 5 fully saturated rings. The summed E-state index contributed by atoms with van der Waals surface area (Å²) in [4.78, 5) is 12.1. The average molecular weight is 349 g/mol. The van der Waals surface area contributed by atoms with E-state index in [0.29, 0.717) is 22.5 Å². The minimum Gasteiger partial charge on any atom is -0.363 e. The smallest absolute Gasteiger partial charge is 0.133 e. The quantitative estimate of drug-likeness (QED) is 0.612. The van der Waals surface area contributed by atoms with Gasteiger partial charge in [-0.2, -0.15) is 0 Å². The van der Waals surface area contributed by atoms with Crippen LogP contribution in [0.5, 0.6) is 0 Å². The molecule has 5 aliphatic rings. The first-order valence-electron chi connectivity index (χ1n) is 10.3. The van der Waals surface area contributed by atoms with E-state index in [1.54, 1.807) is 0 Å². The summed E-state index contributed by atoms with van der Waals surface area (Å²) in [6.07, 6.45) is 11.0. The summed E-state index contributed by atoms with van der Waals surface area (Å²) < 4.78 is 6.42. The van der Waals surface area contributed by atoms with Gasteiger partial charge >= 0.3 is 0 Å². The van der Waals surface area contributed by atoms with Crippen molar-refractivity contribution >= 4 is 17.5 Å². The third kappa shape index (κ3) is 1.92. The Morgan fingerprint density at radius 3 is 2.67 bits per heavy atom. The van der Waals surface area contributed by atoms with Gasteiger partial charge in [0, 0.05) is 24.0 Å². The minimum absolute atomic E-state index is 0.142. The fourth-order valence-electron chi connectivity index (χ4n) is 7.93. The summed E-state index contributed by atoms with van der Waals surface area (Å²) in [5.74, 6) is 5.02. The van der Waals surface area contributed by atoms with Crippen molar-refractivity contribution in [3.63, 3.8) is 0 Å². The van der Waals surface area contributed by atoms with Crippen molar-refractivity contribution in [1.29, 1.82) is 0 Å². The number of rotatable bonds is 0. The SMILES string of the molecule is CC12CCC(=O)CC1CCC1C2CCC2(C)C1CCC21OCCS1. The fourth-order valence-corrected chi connectivity index (χ4v) is 9.44. The number of hydrogen-bond acceptors (Lipinski definition) is 3. The predicted octanol–water partition coefficient (Wildman–Crippen LogP) is 5.06. The minimum atomic E-state index is 0.142. The van der Waals surface area contributed by atoms with Crippen LogP contribution in [0.2, 0.25) is 0 Å². The largest absolute Gasteiger partial charge is 0.363 e. The predicted molar refractivity (Wildman–Crippen MR) is 97.9 cm³/mol. The molecule has 7 atom stereocenters. The van der Waals surface area contributed by atoms with Crippen LogP contribution in [-0.2, 0) is 9.53 Å². The molecule has 0 aromatic carbocycles. The van der Waals surface area contributed by atoms with E-state index in [0.717, 1.165) is 43.6 Å². The Kier molecular flexibility index (Phi) is 3.54. The Morgan fingerprint density at radius 2 is 1.88 bits per heavy atom. The maximum atomic E-state index is 12.0. The molecule has 0 amide bonds. The van der Waals surface area contributed by atoms with Crippen molar-refractivity contribution in [3.8, 4) is 0 Å². The molecular weight excluding hydrogens is 316 g/mol. The van der Waals surface area contributed by atoms with E-state index in [1.807, 2.05) is 0 Å². The molecule has 0 aromatic heterocycles. The zero-order valence-corrected chi connectivity index (χ0v) is 16.1. The maximum absolute atomic E-state index is 12.0. The van der Waals surface area contributed by atoms with Gasteiger partial charge in [-0.3, -0.25) is 4.79 Å². The Balaban J connectivity index is 1.46. The van der Waals surface area contributed by atoms with Crippen LogP contribution in [0.25, 0.3) is 0 Å². The summed E-state index contributed by atoms with van der Waals surface area (Å²) in [6.45, 7) is 6.08. The second-order valence-corrected chi connectivity index (χ2v) is 11.2. The first-order chi connectivity index (χ1) is 11.5. The molecule has 3 heteroatoms. The van der Waals surface area contributed by atoms with E-state index in [9.17, 15) is 4.79 Å². The topological polar surface area (TPSA) is 26.3 Å². The van der Waals surface area contributed by atoms with Gasteiger partial charge in [-0.05, 0) is 74.0 Å². The first kappa shape index (κ1) is 16.2. The van der Waals surface area contributed by atoms with Crippen molar-refractivity contribution < 1.29 is 9.53 Å². The number of fused-ring (bicyclic) bond motifs is 6. The lowest BCUT2D eigenvalue weighted by Gasteiger charge is -2.61. The number of ketones is 1. The third-order valence-corrected chi connectivity index (χ3v) is 10.9. The fraction of sp³-hybridized carbons (Fsp3) is 0.952. The number of carbonyl (C=O) groups excluding carboxylic acids is 1. The second-order valence-electron chi connectivity index (χ2n) is 9.84. The lowest BCUT2D eigenvalue weighted by molar-refractivity contribution is -0.147. The molecule has 2 nitrogen and oxygen atoms in total. The molecule has 1 aliphatic heterocycles. The molecule has 0 aromatic rings. The average Bonchev–Trinajstić information content (AvgIpc) is 3.15. The third-order valence-electron chi connectivity index (χ3n) is 9.28. The number of ether oxygens (including phenoxy) is 1. The molecule has 0 N–H and O–H groups in total. The Hall–Kier alpha value is -0.0200. The zero-order valence-electron chi connectivity index (χ0n) is 15.3. The van der Waals surface area contributed by atoms with Crippen molar-refractivity contribution in [2.45, 2.75) is 76.6 Å². The molecule has 1 heterocycles. The summed E-state index contributed by atoms with van der Waals surface area (Å²) >= 11 is 2.13. The van der Waals surface area contributed by atoms with Crippen LogP contribution in [0.3, 0.4) is 0 Å². The van der Waals surface area contributed by atoms with Crippen LogP contribution in [0.4, 0.5) is 0 Å².